The third-order valence-electron chi connectivity index (χ3n) is 3.51. The maximum absolute atomic E-state index is 9.83. The average molecular weight is 272 g/mol. The lowest BCUT2D eigenvalue weighted by Crippen LogP contribution is -1.94. The summed E-state index contributed by atoms with van der Waals surface area (Å²) in [4.78, 5) is 0. The van der Waals surface area contributed by atoms with E-state index in [0.717, 1.165) is 36.1 Å². The van der Waals surface area contributed by atoms with Gasteiger partial charge in [0.15, 0.2) is 0 Å². The molecule has 0 heterocycles. The van der Waals surface area contributed by atoms with Crippen molar-refractivity contribution in [2.75, 3.05) is 7.11 Å². The first-order chi connectivity index (χ1) is 9.60. The van der Waals surface area contributed by atoms with Crippen LogP contribution in [0.15, 0.2) is 36.4 Å². The second-order valence-electron chi connectivity index (χ2n) is 4.96. The van der Waals surface area contributed by atoms with Crippen LogP contribution in [0.4, 0.5) is 0 Å². The zero-order valence-electron chi connectivity index (χ0n) is 11.9. The number of rotatable bonds is 5. The Morgan fingerprint density at radius 3 is 2.40 bits per heavy atom. The standard InChI is InChI=1S/C17H20O3/c1-12-10-15(18)7-6-13(12)4-3-5-14-11-16(20-2)8-9-17(14)19/h6-11,18-19H,3-5H2,1-2H3. The molecule has 0 atom stereocenters. The van der Waals surface area contributed by atoms with Gasteiger partial charge in [-0.05, 0) is 73.2 Å². The maximum Gasteiger partial charge on any atom is 0.119 e. The Kier molecular flexibility index (Phi) is 4.51. The van der Waals surface area contributed by atoms with Gasteiger partial charge in [0.2, 0.25) is 0 Å². The van der Waals surface area contributed by atoms with E-state index in [9.17, 15) is 10.2 Å². The number of phenols is 2. The molecule has 2 aromatic carbocycles. The number of aromatic hydroxyl groups is 2. The topological polar surface area (TPSA) is 49.7 Å². The molecule has 0 saturated carbocycles. The third-order valence-corrected chi connectivity index (χ3v) is 3.51. The molecule has 0 amide bonds. The van der Waals surface area contributed by atoms with Gasteiger partial charge in [-0.25, -0.2) is 0 Å². The van der Waals surface area contributed by atoms with Crippen molar-refractivity contribution < 1.29 is 14.9 Å². The number of methoxy groups -OCH3 is 1. The summed E-state index contributed by atoms with van der Waals surface area (Å²) in [6.07, 6.45) is 2.65. The highest BCUT2D eigenvalue weighted by Gasteiger charge is 2.05. The quantitative estimate of drug-likeness (QED) is 0.874. The number of hydrogen-bond donors (Lipinski definition) is 2. The minimum atomic E-state index is 0.302. The van der Waals surface area contributed by atoms with Crippen molar-refractivity contribution in [1.29, 1.82) is 0 Å². The van der Waals surface area contributed by atoms with Gasteiger partial charge in [0, 0.05) is 0 Å². The lowest BCUT2D eigenvalue weighted by atomic mass is 10.00. The average Bonchev–Trinajstić information content (AvgIpc) is 2.43. The molecule has 0 saturated heterocycles. The molecule has 0 unspecified atom stereocenters. The van der Waals surface area contributed by atoms with Crippen LogP contribution in [-0.2, 0) is 12.8 Å². The summed E-state index contributed by atoms with van der Waals surface area (Å²) in [7, 11) is 1.62. The highest BCUT2D eigenvalue weighted by molar-refractivity contribution is 5.39. The summed E-state index contributed by atoms with van der Waals surface area (Å²) in [6, 6.07) is 10.7. The molecule has 0 aliphatic heterocycles. The van der Waals surface area contributed by atoms with E-state index < -0.39 is 0 Å². The van der Waals surface area contributed by atoms with E-state index in [0.29, 0.717) is 11.5 Å². The molecule has 2 aromatic rings. The summed E-state index contributed by atoms with van der Waals surface area (Å²) >= 11 is 0. The van der Waals surface area contributed by atoms with E-state index in [1.165, 1.54) is 5.56 Å². The Morgan fingerprint density at radius 2 is 1.70 bits per heavy atom. The number of hydrogen-bond acceptors (Lipinski definition) is 3. The summed E-state index contributed by atoms with van der Waals surface area (Å²) in [5, 5.41) is 19.2. The molecule has 2 rings (SSSR count). The Morgan fingerprint density at radius 1 is 0.950 bits per heavy atom. The van der Waals surface area contributed by atoms with Crippen molar-refractivity contribution in [3.8, 4) is 17.2 Å². The second kappa shape index (κ2) is 6.33. The zero-order valence-corrected chi connectivity index (χ0v) is 11.9. The van der Waals surface area contributed by atoms with E-state index >= 15 is 0 Å². The Bertz CT molecular complexity index is 591. The van der Waals surface area contributed by atoms with Crippen LogP contribution in [0.25, 0.3) is 0 Å². The minimum absolute atomic E-state index is 0.302. The van der Waals surface area contributed by atoms with Crippen molar-refractivity contribution in [2.24, 2.45) is 0 Å². The molecule has 0 aliphatic carbocycles. The first kappa shape index (κ1) is 14.3. The molecule has 0 bridgehead atoms. The van der Waals surface area contributed by atoms with Gasteiger partial charge in [0.1, 0.15) is 17.2 Å². The molecule has 0 fully saturated rings. The molecule has 2 N–H and O–H groups in total. The molecule has 3 heteroatoms. The second-order valence-corrected chi connectivity index (χ2v) is 4.96. The van der Waals surface area contributed by atoms with Crippen molar-refractivity contribution in [3.05, 3.63) is 53.1 Å². The molecular formula is C17H20O3. The molecule has 0 aromatic heterocycles. The molecule has 0 radical (unpaired) electrons. The van der Waals surface area contributed by atoms with Gasteiger partial charge in [-0.15, -0.1) is 0 Å². The Hall–Kier alpha value is -2.16. The molecule has 0 aliphatic rings. The van der Waals surface area contributed by atoms with Crippen LogP contribution in [0.3, 0.4) is 0 Å². The van der Waals surface area contributed by atoms with Gasteiger partial charge < -0.3 is 14.9 Å². The minimum Gasteiger partial charge on any atom is -0.508 e. The highest BCUT2D eigenvalue weighted by atomic mass is 16.5. The summed E-state index contributed by atoms with van der Waals surface area (Å²) in [6.45, 7) is 2.00. The normalized spacial score (nSPS) is 10.5. The molecule has 0 spiro atoms. The van der Waals surface area contributed by atoms with Gasteiger partial charge >= 0.3 is 0 Å². The van der Waals surface area contributed by atoms with Gasteiger partial charge in [0.25, 0.3) is 0 Å². The number of benzene rings is 2. The predicted octanol–water partition coefficient (Wildman–Crippen LogP) is 3.59. The SMILES string of the molecule is COc1ccc(O)c(CCCc2ccc(O)cc2C)c1. The fourth-order valence-corrected chi connectivity index (χ4v) is 2.32. The summed E-state index contributed by atoms with van der Waals surface area (Å²) in [5.41, 5.74) is 3.23. The van der Waals surface area contributed by atoms with Gasteiger partial charge in [-0.3, -0.25) is 0 Å². The molecular weight excluding hydrogens is 252 g/mol. The molecule has 3 nitrogen and oxygen atoms in total. The van der Waals surface area contributed by atoms with E-state index in [1.807, 2.05) is 19.1 Å². The van der Waals surface area contributed by atoms with Crippen LogP contribution >= 0.6 is 0 Å². The lowest BCUT2D eigenvalue weighted by molar-refractivity contribution is 0.410. The van der Waals surface area contributed by atoms with E-state index in [-0.39, 0.29) is 0 Å². The first-order valence-corrected chi connectivity index (χ1v) is 6.74. The van der Waals surface area contributed by atoms with Crippen molar-refractivity contribution in [2.45, 2.75) is 26.2 Å². The van der Waals surface area contributed by atoms with E-state index in [1.54, 1.807) is 31.4 Å². The van der Waals surface area contributed by atoms with Crippen molar-refractivity contribution >= 4 is 0 Å². The van der Waals surface area contributed by atoms with Crippen LogP contribution in [0.5, 0.6) is 17.2 Å². The first-order valence-electron chi connectivity index (χ1n) is 6.74. The lowest BCUT2D eigenvalue weighted by Gasteiger charge is -2.09. The number of aryl methyl sites for hydroxylation is 3. The maximum atomic E-state index is 9.83. The summed E-state index contributed by atoms with van der Waals surface area (Å²) < 4.78 is 5.17. The van der Waals surface area contributed by atoms with Crippen LogP contribution in [0, 0.1) is 6.92 Å². The van der Waals surface area contributed by atoms with Gasteiger partial charge in [-0.1, -0.05) is 6.07 Å². The molecule has 20 heavy (non-hydrogen) atoms. The summed E-state index contributed by atoms with van der Waals surface area (Å²) in [5.74, 6) is 1.38. The van der Waals surface area contributed by atoms with Crippen molar-refractivity contribution in [3.63, 3.8) is 0 Å². The van der Waals surface area contributed by atoms with Gasteiger partial charge in [0.05, 0.1) is 7.11 Å². The predicted molar refractivity (Wildman–Crippen MR) is 79.5 cm³/mol. The van der Waals surface area contributed by atoms with E-state index in [2.05, 4.69) is 0 Å². The number of ether oxygens (including phenoxy) is 1. The Balaban J connectivity index is 1.99. The third kappa shape index (κ3) is 3.44. The smallest absolute Gasteiger partial charge is 0.119 e. The fraction of sp³-hybridized carbons (Fsp3) is 0.294. The largest absolute Gasteiger partial charge is 0.508 e. The fourth-order valence-electron chi connectivity index (χ4n) is 2.32. The van der Waals surface area contributed by atoms with Crippen molar-refractivity contribution in [1.82, 2.24) is 0 Å². The molecule has 106 valence electrons. The van der Waals surface area contributed by atoms with Crippen LogP contribution in [-0.4, -0.2) is 17.3 Å². The Labute approximate surface area is 119 Å². The zero-order chi connectivity index (χ0) is 14.5. The van der Waals surface area contributed by atoms with E-state index in [4.69, 9.17) is 4.74 Å². The van der Waals surface area contributed by atoms with Gasteiger partial charge in [-0.2, -0.15) is 0 Å². The highest BCUT2D eigenvalue weighted by Crippen LogP contribution is 2.25. The number of phenolic OH excluding ortho intramolecular Hbond substituents is 2. The van der Waals surface area contributed by atoms with Crippen LogP contribution in [0.1, 0.15) is 23.1 Å². The monoisotopic (exact) mass is 272 g/mol. The van der Waals surface area contributed by atoms with Crippen LogP contribution in [0.2, 0.25) is 0 Å². The van der Waals surface area contributed by atoms with Crippen LogP contribution < -0.4 is 4.74 Å².